The van der Waals surface area contributed by atoms with Crippen molar-refractivity contribution in [3.63, 3.8) is 0 Å². The minimum Gasteiger partial charge on any atom is -0.333 e. The highest BCUT2D eigenvalue weighted by atomic mass is 16.2. The topological polar surface area (TPSA) is 51.0 Å². The lowest BCUT2D eigenvalue weighted by Crippen LogP contribution is -2.46. The average molecular weight is 308 g/mol. The van der Waals surface area contributed by atoms with E-state index in [1.807, 2.05) is 41.2 Å². The van der Waals surface area contributed by atoms with E-state index in [2.05, 4.69) is 15.1 Å². The number of fused-ring (bicyclic) bond motifs is 2. The van der Waals surface area contributed by atoms with Gasteiger partial charge in [0, 0.05) is 18.2 Å². The highest BCUT2D eigenvalue weighted by Crippen LogP contribution is 2.40. The summed E-state index contributed by atoms with van der Waals surface area (Å²) in [5.41, 5.74) is 1.06. The van der Waals surface area contributed by atoms with Gasteiger partial charge in [-0.2, -0.15) is 15.0 Å². The van der Waals surface area contributed by atoms with E-state index in [-0.39, 0.29) is 5.91 Å². The van der Waals surface area contributed by atoms with Crippen LogP contribution in [-0.2, 0) is 4.79 Å². The van der Waals surface area contributed by atoms with Gasteiger partial charge in [-0.25, -0.2) is 0 Å². The predicted octanol–water partition coefficient (Wildman–Crippen LogP) is 2.69. The molecule has 0 spiro atoms. The quantitative estimate of drug-likeness (QED) is 0.819. The van der Waals surface area contributed by atoms with Crippen LogP contribution in [0, 0.1) is 0 Å². The van der Waals surface area contributed by atoms with Crippen molar-refractivity contribution in [2.75, 3.05) is 0 Å². The molecule has 4 rings (SSSR count). The smallest absolute Gasteiger partial charge is 0.247 e. The van der Waals surface area contributed by atoms with E-state index in [1.165, 1.54) is 0 Å². The Morgan fingerprint density at radius 3 is 2.30 bits per heavy atom. The number of benzene rings is 1. The van der Waals surface area contributed by atoms with Crippen LogP contribution in [0.4, 0.5) is 0 Å². The van der Waals surface area contributed by atoms with Gasteiger partial charge >= 0.3 is 0 Å². The molecule has 2 aromatic rings. The van der Waals surface area contributed by atoms with Gasteiger partial charge in [0.05, 0.1) is 18.4 Å². The molecule has 5 heteroatoms. The van der Waals surface area contributed by atoms with Crippen LogP contribution in [0.3, 0.4) is 0 Å². The van der Waals surface area contributed by atoms with E-state index < -0.39 is 0 Å². The highest BCUT2D eigenvalue weighted by molar-refractivity contribution is 5.92. The molecular formula is C18H20N4O. The minimum absolute atomic E-state index is 0.133. The Morgan fingerprint density at radius 2 is 1.65 bits per heavy atom. The number of rotatable bonds is 3. The molecule has 0 saturated carbocycles. The van der Waals surface area contributed by atoms with Gasteiger partial charge in [0.15, 0.2) is 0 Å². The van der Waals surface area contributed by atoms with Crippen molar-refractivity contribution >= 4 is 12.0 Å². The van der Waals surface area contributed by atoms with Crippen LogP contribution in [0.2, 0.25) is 0 Å². The maximum Gasteiger partial charge on any atom is 0.247 e. The lowest BCUT2D eigenvalue weighted by Gasteiger charge is -2.38. The van der Waals surface area contributed by atoms with Crippen LogP contribution in [0.5, 0.6) is 0 Å². The van der Waals surface area contributed by atoms with Crippen LogP contribution in [0.1, 0.15) is 37.3 Å². The molecule has 1 aromatic heterocycles. The monoisotopic (exact) mass is 308 g/mol. The summed E-state index contributed by atoms with van der Waals surface area (Å²) in [6.07, 6.45) is 11.2. The molecular weight excluding hydrogens is 288 g/mol. The Balaban J connectivity index is 1.46. The normalized spacial score (nSPS) is 26.8. The highest BCUT2D eigenvalue weighted by Gasteiger charge is 2.43. The molecule has 5 nitrogen and oxygen atoms in total. The summed E-state index contributed by atoms with van der Waals surface area (Å²) in [7, 11) is 0. The van der Waals surface area contributed by atoms with Gasteiger partial charge < -0.3 is 4.90 Å². The molecule has 0 N–H and O–H groups in total. The second-order valence-electron chi connectivity index (χ2n) is 6.35. The molecule has 118 valence electrons. The SMILES string of the molecule is O=C(/C=C/c1ccccc1)N1C2CCC1CC(n1nccn1)C2. The first-order valence-electron chi connectivity index (χ1n) is 8.22. The Labute approximate surface area is 135 Å². The summed E-state index contributed by atoms with van der Waals surface area (Å²) >= 11 is 0. The standard InChI is InChI=1S/C18H20N4O/c23-18(9-6-14-4-2-1-3-5-14)21-15-7-8-16(21)13-17(12-15)22-19-10-11-20-22/h1-6,9-11,15-17H,7-8,12-13H2/b9-6+. The number of aromatic nitrogens is 3. The summed E-state index contributed by atoms with van der Waals surface area (Å²) in [6, 6.07) is 10.9. The average Bonchev–Trinajstić information content (AvgIpc) is 3.20. The molecule has 1 amide bonds. The van der Waals surface area contributed by atoms with Crippen molar-refractivity contribution in [2.24, 2.45) is 0 Å². The molecule has 0 aliphatic carbocycles. The molecule has 2 fully saturated rings. The summed E-state index contributed by atoms with van der Waals surface area (Å²) < 4.78 is 0. The van der Waals surface area contributed by atoms with Gasteiger partial charge in [-0.3, -0.25) is 4.79 Å². The van der Waals surface area contributed by atoms with Crippen molar-refractivity contribution in [3.05, 3.63) is 54.4 Å². The van der Waals surface area contributed by atoms with Crippen LogP contribution in [-0.4, -0.2) is 37.9 Å². The summed E-state index contributed by atoms with van der Waals surface area (Å²) in [6.45, 7) is 0. The number of amides is 1. The molecule has 1 aromatic carbocycles. The maximum atomic E-state index is 12.6. The molecule has 2 atom stereocenters. The Hall–Kier alpha value is -2.43. The van der Waals surface area contributed by atoms with E-state index >= 15 is 0 Å². The predicted molar refractivity (Wildman–Crippen MR) is 87.4 cm³/mol. The van der Waals surface area contributed by atoms with Gasteiger partial charge in [-0.05, 0) is 37.3 Å². The zero-order valence-electron chi connectivity index (χ0n) is 13.0. The van der Waals surface area contributed by atoms with Crippen molar-refractivity contribution in [1.82, 2.24) is 19.9 Å². The minimum atomic E-state index is 0.133. The van der Waals surface area contributed by atoms with Crippen LogP contribution >= 0.6 is 0 Å². The fourth-order valence-corrected chi connectivity index (χ4v) is 3.93. The molecule has 0 radical (unpaired) electrons. The fourth-order valence-electron chi connectivity index (χ4n) is 3.93. The molecule has 2 bridgehead atoms. The van der Waals surface area contributed by atoms with Gasteiger partial charge in [0.2, 0.25) is 5.91 Å². The summed E-state index contributed by atoms with van der Waals surface area (Å²) in [5.74, 6) is 0.133. The van der Waals surface area contributed by atoms with Crippen molar-refractivity contribution in [2.45, 2.75) is 43.8 Å². The summed E-state index contributed by atoms with van der Waals surface area (Å²) in [5, 5.41) is 8.54. The second kappa shape index (κ2) is 5.99. The summed E-state index contributed by atoms with van der Waals surface area (Å²) in [4.78, 5) is 16.5. The van der Waals surface area contributed by atoms with Crippen LogP contribution in [0.15, 0.2) is 48.8 Å². The van der Waals surface area contributed by atoms with E-state index in [0.29, 0.717) is 18.1 Å². The van der Waals surface area contributed by atoms with Crippen molar-refractivity contribution < 1.29 is 4.79 Å². The van der Waals surface area contributed by atoms with Crippen LogP contribution in [0.25, 0.3) is 6.08 Å². The molecule has 23 heavy (non-hydrogen) atoms. The van der Waals surface area contributed by atoms with E-state index in [1.54, 1.807) is 18.5 Å². The van der Waals surface area contributed by atoms with Gasteiger partial charge in [0.25, 0.3) is 0 Å². The number of hydrogen-bond donors (Lipinski definition) is 0. The Bertz CT molecular complexity index is 681. The maximum absolute atomic E-state index is 12.6. The number of carbonyl (C=O) groups excluding carboxylic acids is 1. The Morgan fingerprint density at radius 1 is 1.00 bits per heavy atom. The number of nitrogens with zero attached hydrogens (tertiary/aromatic N) is 4. The first-order chi connectivity index (χ1) is 11.3. The number of carbonyl (C=O) groups is 1. The van der Waals surface area contributed by atoms with Crippen LogP contribution < -0.4 is 0 Å². The molecule has 3 heterocycles. The number of hydrogen-bond acceptors (Lipinski definition) is 3. The number of piperidine rings is 1. The third-order valence-electron chi connectivity index (χ3n) is 4.94. The first-order valence-corrected chi connectivity index (χ1v) is 8.22. The molecule has 2 aliphatic heterocycles. The lowest BCUT2D eigenvalue weighted by molar-refractivity contribution is -0.130. The third kappa shape index (κ3) is 2.79. The largest absolute Gasteiger partial charge is 0.333 e. The Kier molecular flexibility index (Phi) is 3.69. The van der Waals surface area contributed by atoms with Gasteiger partial charge in [0.1, 0.15) is 0 Å². The molecule has 2 unspecified atom stereocenters. The third-order valence-corrected chi connectivity index (χ3v) is 4.94. The fraction of sp³-hybridized carbons (Fsp3) is 0.389. The van der Waals surface area contributed by atoms with E-state index in [9.17, 15) is 4.79 Å². The van der Waals surface area contributed by atoms with Gasteiger partial charge in [-0.1, -0.05) is 30.3 Å². The van der Waals surface area contributed by atoms with Crippen molar-refractivity contribution in [1.29, 1.82) is 0 Å². The molecule has 2 saturated heterocycles. The lowest BCUT2D eigenvalue weighted by atomic mass is 9.97. The van der Waals surface area contributed by atoms with E-state index in [0.717, 1.165) is 31.2 Å². The zero-order valence-corrected chi connectivity index (χ0v) is 13.0. The zero-order chi connectivity index (χ0) is 15.6. The van der Waals surface area contributed by atoms with E-state index in [4.69, 9.17) is 0 Å². The molecule has 2 aliphatic rings. The van der Waals surface area contributed by atoms with Crippen molar-refractivity contribution in [3.8, 4) is 0 Å². The second-order valence-corrected chi connectivity index (χ2v) is 6.35. The first kappa shape index (κ1) is 14.2. The van der Waals surface area contributed by atoms with Gasteiger partial charge in [-0.15, -0.1) is 0 Å².